The quantitative estimate of drug-likeness (QED) is 0.576. The molecule has 1 aliphatic rings. The van der Waals surface area contributed by atoms with Crippen LogP contribution in [0.3, 0.4) is 0 Å². The summed E-state index contributed by atoms with van der Waals surface area (Å²) in [6, 6.07) is 1.77. The van der Waals surface area contributed by atoms with Gasteiger partial charge in [-0.2, -0.15) is 5.26 Å². The summed E-state index contributed by atoms with van der Waals surface area (Å²) in [7, 11) is 0. The number of hydrogen-bond donors (Lipinski definition) is 1. The molecule has 1 rings (SSSR count). The third-order valence-corrected chi connectivity index (χ3v) is 1.69. The number of carbonyl (C=O) groups is 1. The zero-order valence-corrected chi connectivity index (χ0v) is 5.37. The summed E-state index contributed by atoms with van der Waals surface area (Å²) < 4.78 is 0. The Labute approximate surface area is 58.6 Å². The first-order valence-electron chi connectivity index (χ1n) is 3.02. The number of nitriles is 1. The Balaban J connectivity index is 2.64. The Hall–Kier alpha value is -1.30. The van der Waals surface area contributed by atoms with Gasteiger partial charge in [0.05, 0.1) is 11.5 Å². The first-order valence-corrected chi connectivity index (χ1v) is 3.02. The molecule has 0 amide bonds. The summed E-state index contributed by atoms with van der Waals surface area (Å²) in [6.07, 6.45) is 4.04. The molecule has 1 saturated carbocycles. The molecular weight excluding hydrogens is 130 g/mol. The molecule has 0 aromatic carbocycles. The van der Waals surface area contributed by atoms with E-state index in [4.69, 9.17) is 10.4 Å². The number of hydrogen-bond acceptors (Lipinski definition) is 2. The van der Waals surface area contributed by atoms with E-state index in [1.54, 1.807) is 6.07 Å². The number of allylic oxidation sites excluding steroid dienone is 1. The van der Waals surface area contributed by atoms with Gasteiger partial charge in [0.1, 0.15) is 0 Å². The summed E-state index contributed by atoms with van der Waals surface area (Å²) in [6.45, 7) is 0. The van der Waals surface area contributed by atoms with Crippen molar-refractivity contribution in [2.24, 2.45) is 5.41 Å². The van der Waals surface area contributed by atoms with E-state index in [2.05, 4.69) is 0 Å². The Morgan fingerprint density at radius 1 is 1.70 bits per heavy atom. The van der Waals surface area contributed by atoms with Crippen molar-refractivity contribution in [3.05, 3.63) is 12.2 Å². The fourth-order valence-corrected chi connectivity index (χ4v) is 0.783. The van der Waals surface area contributed by atoms with E-state index < -0.39 is 11.4 Å². The van der Waals surface area contributed by atoms with Crippen LogP contribution in [-0.4, -0.2) is 11.1 Å². The highest BCUT2D eigenvalue weighted by Crippen LogP contribution is 2.47. The largest absolute Gasteiger partial charge is 0.481 e. The van der Waals surface area contributed by atoms with Crippen LogP contribution in [0.1, 0.15) is 12.8 Å². The van der Waals surface area contributed by atoms with Crippen LogP contribution in [0.15, 0.2) is 12.2 Å². The lowest BCUT2D eigenvalue weighted by Crippen LogP contribution is -2.10. The number of aliphatic carboxylic acids is 1. The molecule has 3 nitrogen and oxygen atoms in total. The molecule has 0 spiro atoms. The topological polar surface area (TPSA) is 61.1 Å². The zero-order chi connectivity index (χ0) is 7.61. The average molecular weight is 137 g/mol. The van der Waals surface area contributed by atoms with E-state index in [0.29, 0.717) is 12.8 Å². The second-order valence-corrected chi connectivity index (χ2v) is 2.42. The normalized spacial score (nSPS) is 20.3. The predicted molar refractivity (Wildman–Crippen MR) is 34.1 cm³/mol. The van der Waals surface area contributed by atoms with Crippen LogP contribution in [0, 0.1) is 16.7 Å². The standard InChI is InChI=1S/C7H7NO2/c8-5-1-2-7(3-4-7)6(9)10/h1-2H,3-4H2,(H,9,10). The van der Waals surface area contributed by atoms with Gasteiger partial charge in [-0.1, -0.05) is 6.08 Å². The average Bonchev–Trinajstić information content (AvgIpc) is 2.64. The van der Waals surface area contributed by atoms with Gasteiger partial charge in [-0.15, -0.1) is 0 Å². The van der Waals surface area contributed by atoms with Crippen LogP contribution in [0.2, 0.25) is 0 Å². The minimum absolute atomic E-state index is 0.667. The SMILES string of the molecule is N#CC=CC1(C(=O)O)CC1. The third-order valence-electron chi connectivity index (χ3n) is 1.69. The minimum atomic E-state index is -0.820. The van der Waals surface area contributed by atoms with Gasteiger partial charge in [-0.3, -0.25) is 4.79 Å². The molecule has 0 aromatic rings. The summed E-state index contributed by atoms with van der Waals surface area (Å²) in [5, 5.41) is 16.7. The second kappa shape index (κ2) is 2.14. The van der Waals surface area contributed by atoms with Crippen molar-refractivity contribution >= 4 is 5.97 Å². The lowest BCUT2D eigenvalue weighted by atomic mass is 10.1. The Kier molecular flexibility index (Phi) is 1.46. The molecule has 1 N–H and O–H groups in total. The van der Waals surface area contributed by atoms with E-state index in [1.807, 2.05) is 0 Å². The molecule has 0 aliphatic heterocycles. The van der Waals surface area contributed by atoms with Crippen LogP contribution >= 0.6 is 0 Å². The van der Waals surface area contributed by atoms with Gasteiger partial charge < -0.3 is 5.11 Å². The highest BCUT2D eigenvalue weighted by molar-refractivity contribution is 5.80. The zero-order valence-electron chi connectivity index (χ0n) is 5.37. The van der Waals surface area contributed by atoms with Gasteiger partial charge in [0.15, 0.2) is 0 Å². The molecule has 0 aromatic heterocycles. The maximum atomic E-state index is 10.4. The summed E-state index contributed by atoms with van der Waals surface area (Å²) in [5.41, 5.74) is -0.685. The third kappa shape index (κ3) is 1.01. The highest BCUT2D eigenvalue weighted by Gasteiger charge is 2.47. The fraction of sp³-hybridized carbons (Fsp3) is 0.429. The van der Waals surface area contributed by atoms with E-state index in [0.717, 1.165) is 0 Å². The lowest BCUT2D eigenvalue weighted by Gasteiger charge is -1.98. The molecule has 0 unspecified atom stereocenters. The molecule has 0 bridgehead atoms. The number of carboxylic acids is 1. The van der Waals surface area contributed by atoms with Gasteiger partial charge in [0.25, 0.3) is 0 Å². The van der Waals surface area contributed by atoms with Crippen molar-refractivity contribution in [1.82, 2.24) is 0 Å². The van der Waals surface area contributed by atoms with Crippen LogP contribution in [0.4, 0.5) is 0 Å². The van der Waals surface area contributed by atoms with Gasteiger partial charge in [-0.05, 0) is 12.8 Å². The summed E-state index contributed by atoms with van der Waals surface area (Å²) in [5.74, 6) is -0.820. The number of nitrogens with zero attached hydrogens (tertiary/aromatic N) is 1. The Morgan fingerprint density at radius 3 is 2.60 bits per heavy atom. The van der Waals surface area contributed by atoms with Crippen LogP contribution in [0.25, 0.3) is 0 Å². The van der Waals surface area contributed by atoms with Gasteiger partial charge in [0.2, 0.25) is 0 Å². The van der Waals surface area contributed by atoms with Crippen molar-refractivity contribution in [3.8, 4) is 6.07 Å². The summed E-state index contributed by atoms with van der Waals surface area (Å²) in [4.78, 5) is 10.4. The maximum Gasteiger partial charge on any atom is 0.313 e. The van der Waals surface area contributed by atoms with Crippen molar-refractivity contribution < 1.29 is 9.90 Å². The Morgan fingerprint density at radius 2 is 2.30 bits per heavy atom. The minimum Gasteiger partial charge on any atom is -0.481 e. The second-order valence-electron chi connectivity index (χ2n) is 2.42. The molecule has 0 heterocycles. The number of rotatable bonds is 2. The van der Waals surface area contributed by atoms with E-state index in [-0.39, 0.29) is 0 Å². The molecule has 0 radical (unpaired) electrons. The molecule has 1 aliphatic carbocycles. The highest BCUT2D eigenvalue weighted by atomic mass is 16.4. The monoisotopic (exact) mass is 137 g/mol. The van der Waals surface area contributed by atoms with Gasteiger partial charge in [0, 0.05) is 6.08 Å². The van der Waals surface area contributed by atoms with Crippen molar-refractivity contribution in [2.75, 3.05) is 0 Å². The van der Waals surface area contributed by atoms with Gasteiger partial charge >= 0.3 is 5.97 Å². The van der Waals surface area contributed by atoms with Crippen LogP contribution < -0.4 is 0 Å². The van der Waals surface area contributed by atoms with Crippen molar-refractivity contribution in [2.45, 2.75) is 12.8 Å². The Bertz CT molecular complexity index is 220. The fourth-order valence-electron chi connectivity index (χ4n) is 0.783. The summed E-state index contributed by atoms with van der Waals surface area (Å²) >= 11 is 0. The molecule has 1 fully saturated rings. The molecule has 52 valence electrons. The van der Waals surface area contributed by atoms with Crippen molar-refractivity contribution in [1.29, 1.82) is 5.26 Å². The van der Waals surface area contributed by atoms with E-state index in [9.17, 15) is 4.79 Å². The van der Waals surface area contributed by atoms with Crippen LogP contribution in [0.5, 0.6) is 0 Å². The molecule has 0 saturated heterocycles. The van der Waals surface area contributed by atoms with Crippen LogP contribution in [-0.2, 0) is 4.79 Å². The molecule has 0 atom stereocenters. The number of carboxylic acid groups (broad SMARTS) is 1. The molecular formula is C7H7NO2. The lowest BCUT2D eigenvalue weighted by molar-refractivity contribution is -0.141. The van der Waals surface area contributed by atoms with Crippen molar-refractivity contribution in [3.63, 3.8) is 0 Å². The van der Waals surface area contributed by atoms with E-state index in [1.165, 1.54) is 12.2 Å². The molecule has 10 heavy (non-hydrogen) atoms. The maximum absolute atomic E-state index is 10.4. The first-order chi connectivity index (χ1) is 4.71. The molecule has 3 heteroatoms. The first kappa shape index (κ1) is 6.81. The smallest absolute Gasteiger partial charge is 0.313 e. The predicted octanol–water partition coefficient (Wildman–Crippen LogP) is 0.931. The van der Waals surface area contributed by atoms with Gasteiger partial charge in [-0.25, -0.2) is 0 Å². The van der Waals surface area contributed by atoms with E-state index >= 15 is 0 Å².